The monoisotopic (exact) mass is 517 g/mol. The van der Waals surface area contributed by atoms with E-state index < -0.39 is 0 Å². The Kier molecular flexibility index (Phi) is 7.30. The number of imidazole rings is 1. The van der Waals surface area contributed by atoms with Crippen molar-refractivity contribution in [2.75, 3.05) is 11.1 Å². The van der Waals surface area contributed by atoms with E-state index in [-0.39, 0.29) is 17.4 Å². The molecular formula is C29H31N3O2S2. The van der Waals surface area contributed by atoms with E-state index >= 15 is 0 Å². The second kappa shape index (κ2) is 10.6. The SMILES string of the molecule is Cc1ccc(C(=O)c2c(NC(=O)CSc3nc4ccccc4n3CC(C)C)sc3c2CCCC3)cc1. The summed E-state index contributed by atoms with van der Waals surface area (Å²) in [6.45, 7) is 7.22. The van der Waals surface area contributed by atoms with Crippen LogP contribution in [-0.2, 0) is 24.2 Å². The van der Waals surface area contributed by atoms with Gasteiger partial charge in [0.15, 0.2) is 10.9 Å². The summed E-state index contributed by atoms with van der Waals surface area (Å²) in [5.41, 5.74) is 5.62. The molecule has 0 aliphatic heterocycles. The van der Waals surface area contributed by atoms with Crippen molar-refractivity contribution in [3.63, 3.8) is 0 Å². The molecule has 4 aromatic rings. The minimum atomic E-state index is -0.111. The maximum Gasteiger partial charge on any atom is 0.235 e. The quantitative estimate of drug-likeness (QED) is 0.204. The largest absolute Gasteiger partial charge is 0.319 e. The van der Waals surface area contributed by atoms with Gasteiger partial charge in [-0.05, 0) is 56.2 Å². The summed E-state index contributed by atoms with van der Waals surface area (Å²) in [6, 6.07) is 15.8. The minimum Gasteiger partial charge on any atom is -0.319 e. The van der Waals surface area contributed by atoms with Gasteiger partial charge >= 0.3 is 0 Å². The second-order valence-electron chi connectivity index (χ2n) is 9.83. The van der Waals surface area contributed by atoms with Crippen LogP contribution in [0.4, 0.5) is 5.00 Å². The highest BCUT2D eigenvalue weighted by molar-refractivity contribution is 7.99. The predicted octanol–water partition coefficient (Wildman–Crippen LogP) is 6.90. The highest BCUT2D eigenvalue weighted by Gasteiger charge is 2.27. The number of carbonyl (C=O) groups is 2. The fraction of sp³-hybridized carbons (Fsp3) is 0.345. The van der Waals surface area contributed by atoms with Crippen LogP contribution in [0.1, 0.15) is 58.6 Å². The van der Waals surface area contributed by atoms with Gasteiger partial charge in [-0.2, -0.15) is 0 Å². The number of hydrogen-bond acceptors (Lipinski definition) is 5. The van der Waals surface area contributed by atoms with Gasteiger partial charge in [0.2, 0.25) is 5.91 Å². The van der Waals surface area contributed by atoms with Crippen molar-refractivity contribution < 1.29 is 9.59 Å². The number of thiophene rings is 1. The van der Waals surface area contributed by atoms with Crippen LogP contribution < -0.4 is 5.32 Å². The summed E-state index contributed by atoms with van der Waals surface area (Å²) >= 11 is 3.02. The number of rotatable bonds is 8. The fourth-order valence-electron chi connectivity index (χ4n) is 4.74. The highest BCUT2D eigenvalue weighted by Crippen LogP contribution is 2.39. The Morgan fingerprint density at radius 3 is 2.61 bits per heavy atom. The first-order valence-electron chi connectivity index (χ1n) is 12.5. The van der Waals surface area contributed by atoms with Gasteiger partial charge in [0.25, 0.3) is 0 Å². The summed E-state index contributed by atoms with van der Waals surface area (Å²) in [5.74, 6) is 0.585. The standard InChI is InChI=1S/C29H31N3O2S2/c1-18(2)16-32-23-10-6-5-9-22(23)30-29(32)35-17-25(33)31-28-26(21-8-4-7-11-24(21)36-28)27(34)20-14-12-19(3)13-15-20/h5-6,9-10,12-15,18H,4,7-8,11,16-17H2,1-3H3,(H,31,33). The van der Waals surface area contributed by atoms with E-state index in [9.17, 15) is 9.59 Å². The Balaban J connectivity index is 1.38. The average Bonchev–Trinajstić information content (AvgIpc) is 3.40. The molecule has 0 saturated carbocycles. The highest BCUT2D eigenvalue weighted by atomic mass is 32.2. The first kappa shape index (κ1) is 24.8. The molecule has 2 aromatic heterocycles. The molecule has 7 heteroatoms. The smallest absolute Gasteiger partial charge is 0.235 e. The topological polar surface area (TPSA) is 64.0 Å². The molecule has 1 amide bonds. The number of aromatic nitrogens is 2. The number of nitrogens with zero attached hydrogens (tertiary/aromatic N) is 2. The molecule has 0 saturated heterocycles. The lowest BCUT2D eigenvalue weighted by atomic mass is 9.91. The summed E-state index contributed by atoms with van der Waals surface area (Å²) in [5, 5.41) is 4.63. The van der Waals surface area contributed by atoms with Crippen LogP contribution in [-0.4, -0.2) is 27.0 Å². The van der Waals surface area contributed by atoms with Crippen molar-refractivity contribution in [2.45, 2.75) is 58.2 Å². The summed E-state index contributed by atoms with van der Waals surface area (Å²) in [6.07, 6.45) is 4.06. The molecule has 0 unspecified atom stereocenters. The van der Waals surface area contributed by atoms with Gasteiger partial charge in [0.1, 0.15) is 5.00 Å². The lowest BCUT2D eigenvalue weighted by Gasteiger charge is -2.13. The molecule has 1 aliphatic carbocycles. The number of nitrogens with one attached hydrogen (secondary N) is 1. The van der Waals surface area contributed by atoms with Crippen LogP contribution in [0.3, 0.4) is 0 Å². The van der Waals surface area contributed by atoms with Gasteiger partial charge in [0.05, 0.1) is 22.3 Å². The third kappa shape index (κ3) is 5.13. The number of fused-ring (bicyclic) bond motifs is 2. The number of hydrogen-bond donors (Lipinski definition) is 1. The van der Waals surface area contributed by atoms with Crippen LogP contribution in [0.5, 0.6) is 0 Å². The van der Waals surface area contributed by atoms with E-state index in [2.05, 4.69) is 29.8 Å². The number of benzene rings is 2. The van der Waals surface area contributed by atoms with Crippen LogP contribution >= 0.6 is 23.1 Å². The van der Waals surface area contributed by atoms with Crippen molar-refractivity contribution in [2.24, 2.45) is 5.92 Å². The number of carbonyl (C=O) groups excluding carboxylic acids is 2. The van der Waals surface area contributed by atoms with Crippen molar-refractivity contribution in [3.05, 3.63) is 75.7 Å². The predicted molar refractivity (Wildman–Crippen MR) is 149 cm³/mol. The molecule has 2 heterocycles. The molecular weight excluding hydrogens is 486 g/mol. The lowest BCUT2D eigenvalue weighted by molar-refractivity contribution is -0.113. The zero-order valence-corrected chi connectivity index (χ0v) is 22.6. The van der Waals surface area contributed by atoms with E-state index in [0.717, 1.165) is 59.5 Å². The number of thioether (sulfide) groups is 1. The Hall–Kier alpha value is -2.90. The van der Waals surface area contributed by atoms with E-state index in [4.69, 9.17) is 4.98 Å². The van der Waals surface area contributed by atoms with Crippen LogP contribution in [0.15, 0.2) is 53.7 Å². The van der Waals surface area contributed by atoms with Gasteiger partial charge in [-0.1, -0.05) is 67.6 Å². The third-order valence-electron chi connectivity index (χ3n) is 6.46. The molecule has 1 N–H and O–H groups in total. The Bertz CT molecular complexity index is 1420. The van der Waals surface area contributed by atoms with E-state index in [0.29, 0.717) is 22.0 Å². The zero-order valence-electron chi connectivity index (χ0n) is 21.0. The zero-order chi connectivity index (χ0) is 25.2. The molecule has 186 valence electrons. The molecule has 0 spiro atoms. The Labute approximate surface area is 220 Å². The number of ketones is 1. The summed E-state index contributed by atoms with van der Waals surface area (Å²) in [7, 11) is 0. The van der Waals surface area contributed by atoms with Crippen molar-refractivity contribution >= 4 is 50.8 Å². The minimum absolute atomic E-state index is 0.00363. The Morgan fingerprint density at radius 1 is 1.08 bits per heavy atom. The molecule has 36 heavy (non-hydrogen) atoms. The first-order chi connectivity index (χ1) is 17.4. The molecule has 5 rings (SSSR count). The Morgan fingerprint density at radius 2 is 1.83 bits per heavy atom. The van der Waals surface area contributed by atoms with Crippen molar-refractivity contribution in [3.8, 4) is 0 Å². The maximum absolute atomic E-state index is 13.6. The maximum atomic E-state index is 13.6. The summed E-state index contributed by atoms with van der Waals surface area (Å²) in [4.78, 5) is 32.7. The van der Waals surface area contributed by atoms with Gasteiger partial charge in [-0.25, -0.2) is 4.98 Å². The lowest BCUT2D eigenvalue weighted by Crippen LogP contribution is -2.17. The normalized spacial score (nSPS) is 13.2. The van der Waals surface area contributed by atoms with Gasteiger partial charge in [0, 0.05) is 17.0 Å². The molecule has 5 nitrogen and oxygen atoms in total. The van der Waals surface area contributed by atoms with E-state index in [1.165, 1.54) is 16.6 Å². The van der Waals surface area contributed by atoms with Gasteiger partial charge < -0.3 is 9.88 Å². The van der Waals surface area contributed by atoms with Crippen molar-refractivity contribution in [1.82, 2.24) is 9.55 Å². The average molecular weight is 518 g/mol. The first-order valence-corrected chi connectivity index (χ1v) is 14.3. The number of anilines is 1. The number of amides is 1. The van der Waals surface area contributed by atoms with Gasteiger partial charge in [-0.15, -0.1) is 11.3 Å². The molecule has 0 radical (unpaired) electrons. The molecule has 0 atom stereocenters. The van der Waals surface area contributed by atoms with Crippen LogP contribution in [0.2, 0.25) is 0 Å². The number of aryl methyl sites for hydroxylation is 2. The van der Waals surface area contributed by atoms with Crippen molar-refractivity contribution in [1.29, 1.82) is 0 Å². The van der Waals surface area contributed by atoms with Crippen LogP contribution in [0.25, 0.3) is 11.0 Å². The third-order valence-corrected chi connectivity index (χ3v) is 8.65. The molecule has 0 bridgehead atoms. The van der Waals surface area contributed by atoms with E-state index in [1.54, 1.807) is 11.3 Å². The second-order valence-corrected chi connectivity index (χ2v) is 11.9. The van der Waals surface area contributed by atoms with Crippen LogP contribution in [0, 0.1) is 12.8 Å². The molecule has 1 aliphatic rings. The summed E-state index contributed by atoms with van der Waals surface area (Å²) < 4.78 is 2.20. The molecule has 0 fully saturated rings. The fourth-order valence-corrected chi connectivity index (χ4v) is 6.87. The number of para-hydroxylation sites is 2. The van der Waals surface area contributed by atoms with Gasteiger partial charge in [-0.3, -0.25) is 9.59 Å². The van der Waals surface area contributed by atoms with E-state index in [1.807, 2.05) is 49.4 Å². The molecule has 2 aromatic carbocycles.